The Balaban J connectivity index is 2.30. The number of rotatable bonds is 3. The van der Waals surface area contributed by atoms with Crippen LogP contribution in [0.25, 0.3) is 0 Å². The Morgan fingerprint density at radius 2 is 1.95 bits per heavy atom. The quantitative estimate of drug-likeness (QED) is 0.826. The first-order valence-corrected chi connectivity index (χ1v) is 7.23. The summed E-state index contributed by atoms with van der Waals surface area (Å²) in [5, 5.41) is 2.91. The number of aryl methyl sites for hydroxylation is 2. The smallest absolute Gasteiger partial charge is 0.255 e. The number of hydrogen-bond donors (Lipinski definition) is 2. The number of ether oxygens (including phenoxy) is 1. The van der Waals surface area contributed by atoms with Gasteiger partial charge in [0.25, 0.3) is 5.91 Å². The van der Waals surface area contributed by atoms with Gasteiger partial charge in [0.2, 0.25) is 0 Å². The number of nitrogen functional groups attached to an aromatic ring is 1. The molecule has 21 heavy (non-hydrogen) atoms. The first kappa shape index (κ1) is 15.4. The highest BCUT2D eigenvalue weighted by Crippen LogP contribution is 2.29. The highest BCUT2D eigenvalue weighted by Gasteiger charge is 2.12. The Labute approximate surface area is 132 Å². The van der Waals surface area contributed by atoms with Gasteiger partial charge in [-0.2, -0.15) is 0 Å². The summed E-state index contributed by atoms with van der Waals surface area (Å²) in [5.41, 5.74) is 9.64. The minimum atomic E-state index is -0.207. The van der Waals surface area contributed by atoms with Crippen molar-refractivity contribution in [2.24, 2.45) is 0 Å². The zero-order chi connectivity index (χ0) is 15.6. The number of amides is 1. The predicted molar refractivity (Wildman–Crippen MR) is 89.0 cm³/mol. The topological polar surface area (TPSA) is 64.3 Å². The van der Waals surface area contributed by atoms with Crippen LogP contribution in [0.5, 0.6) is 5.75 Å². The van der Waals surface area contributed by atoms with E-state index in [1.807, 2.05) is 26.0 Å². The van der Waals surface area contributed by atoms with Crippen LogP contribution in [0, 0.1) is 13.8 Å². The molecule has 0 saturated carbocycles. The third-order valence-corrected chi connectivity index (χ3v) is 3.79. The number of methoxy groups -OCH3 is 1. The van der Waals surface area contributed by atoms with Crippen LogP contribution in [0.15, 0.2) is 34.8 Å². The highest BCUT2D eigenvalue weighted by atomic mass is 79.9. The number of halogens is 1. The van der Waals surface area contributed by atoms with Gasteiger partial charge < -0.3 is 15.8 Å². The average molecular weight is 349 g/mol. The van der Waals surface area contributed by atoms with Crippen LogP contribution in [-0.2, 0) is 0 Å². The number of carbonyl (C=O) groups excluding carboxylic acids is 1. The molecule has 0 aliphatic carbocycles. The number of nitrogens with two attached hydrogens (primary N) is 1. The fraction of sp³-hybridized carbons (Fsp3) is 0.188. The van der Waals surface area contributed by atoms with E-state index in [1.165, 1.54) is 7.11 Å². The van der Waals surface area contributed by atoms with Crippen molar-refractivity contribution in [2.75, 3.05) is 18.2 Å². The summed E-state index contributed by atoms with van der Waals surface area (Å²) in [5.74, 6) is 0.281. The molecule has 0 heterocycles. The van der Waals surface area contributed by atoms with Gasteiger partial charge in [-0.3, -0.25) is 4.79 Å². The molecule has 110 valence electrons. The molecule has 1 amide bonds. The Bertz CT molecular complexity index is 676. The Hall–Kier alpha value is -2.01. The molecule has 4 nitrogen and oxygen atoms in total. The molecular formula is C16H17BrN2O2. The summed E-state index contributed by atoms with van der Waals surface area (Å²) in [6, 6.07) is 8.94. The van der Waals surface area contributed by atoms with E-state index in [2.05, 4.69) is 21.2 Å². The molecule has 0 atom stereocenters. The Morgan fingerprint density at radius 1 is 1.24 bits per heavy atom. The molecule has 0 radical (unpaired) electrons. The summed E-state index contributed by atoms with van der Waals surface area (Å²) >= 11 is 3.48. The molecule has 2 aromatic carbocycles. The van der Waals surface area contributed by atoms with E-state index in [-0.39, 0.29) is 5.91 Å². The van der Waals surface area contributed by atoms with Crippen LogP contribution >= 0.6 is 15.9 Å². The van der Waals surface area contributed by atoms with Crippen molar-refractivity contribution < 1.29 is 9.53 Å². The molecule has 2 aromatic rings. The van der Waals surface area contributed by atoms with E-state index >= 15 is 0 Å². The van der Waals surface area contributed by atoms with Crippen LogP contribution in [-0.4, -0.2) is 13.0 Å². The largest absolute Gasteiger partial charge is 0.495 e. The summed E-state index contributed by atoms with van der Waals surface area (Å²) in [6.45, 7) is 3.96. The molecule has 0 aromatic heterocycles. The standard InChI is InChI=1S/C16H17BrN2O2/c1-9-6-10(2)15(12(17)7-9)19-16(20)11-4-5-13(18)14(8-11)21-3/h4-8H,18H2,1-3H3,(H,19,20). The van der Waals surface area contributed by atoms with Crippen LogP contribution in [0.4, 0.5) is 11.4 Å². The molecule has 0 unspecified atom stereocenters. The zero-order valence-corrected chi connectivity index (χ0v) is 13.7. The summed E-state index contributed by atoms with van der Waals surface area (Å²) in [4.78, 5) is 12.4. The number of hydrogen-bond acceptors (Lipinski definition) is 3. The van der Waals surface area contributed by atoms with Crippen molar-refractivity contribution in [1.82, 2.24) is 0 Å². The van der Waals surface area contributed by atoms with E-state index in [1.54, 1.807) is 18.2 Å². The van der Waals surface area contributed by atoms with Gasteiger partial charge in [-0.05, 0) is 65.2 Å². The predicted octanol–water partition coefficient (Wildman–Crippen LogP) is 3.91. The van der Waals surface area contributed by atoms with Gasteiger partial charge in [0, 0.05) is 10.0 Å². The highest BCUT2D eigenvalue weighted by molar-refractivity contribution is 9.10. The average Bonchev–Trinajstić information content (AvgIpc) is 2.43. The van der Waals surface area contributed by atoms with Gasteiger partial charge in [-0.25, -0.2) is 0 Å². The lowest BCUT2D eigenvalue weighted by atomic mass is 10.1. The van der Waals surface area contributed by atoms with E-state index in [4.69, 9.17) is 10.5 Å². The first-order valence-electron chi connectivity index (χ1n) is 6.44. The lowest BCUT2D eigenvalue weighted by Gasteiger charge is -2.13. The molecule has 0 aliphatic rings. The summed E-state index contributed by atoms with van der Waals surface area (Å²) < 4.78 is 5.99. The number of carbonyl (C=O) groups is 1. The van der Waals surface area contributed by atoms with Crippen molar-refractivity contribution >= 4 is 33.2 Å². The van der Waals surface area contributed by atoms with Gasteiger partial charge in [0.15, 0.2) is 0 Å². The maximum Gasteiger partial charge on any atom is 0.255 e. The van der Waals surface area contributed by atoms with Crippen molar-refractivity contribution in [2.45, 2.75) is 13.8 Å². The maximum absolute atomic E-state index is 12.4. The lowest BCUT2D eigenvalue weighted by molar-refractivity contribution is 0.102. The van der Waals surface area contributed by atoms with Crippen molar-refractivity contribution in [3.05, 3.63) is 51.5 Å². The SMILES string of the molecule is COc1cc(C(=O)Nc2c(C)cc(C)cc2Br)ccc1N. The third-order valence-electron chi connectivity index (χ3n) is 3.17. The van der Waals surface area contributed by atoms with Gasteiger partial charge in [-0.1, -0.05) is 6.07 Å². The van der Waals surface area contributed by atoms with E-state index < -0.39 is 0 Å². The fourth-order valence-corrected chi connectivity index (χ4v) is 2.89. The zero-order valence-electron chi connectivity index (χ0n) is 12.2. The molecule has 0 spiro atoms. The van der Waals surface area contributed by atoms with Crippen molar-refractivity contribution in [1.29, 1.82) is 0 Å². The van der Waals surface area contributed by atoms with Crippen LogP contribution in [0.2, 0.25) is 0 Å². The Morgan fingerprint density at radius 3 is 2.57 bits per heavy atom. The molecule has 2 rings (SSSR count). The molecule has 0 aliphatic heterocycles. The van der Waals surface area contributed by atoms with E-state index in [9.17, 15) is 4.79 Å². The summed E-state index contributed by atoms with van der Waals surface area (Å²) in [6.07, 6.45) is 0. The van der Waals surface area contributed by atoms with E-state index in [0.29, 0.717) is 17.0 Å². The molecule has 3 N–H and O–H groups in total. The van der Waals surface area contributed by atoms with Crippen molar-refractivity contribution in [3.63, 3.8) is 0 Å². The van der Waals surface area contributed by atoms with E-state index in [0.717, 1.165) is 21.3 Å². The third kappa shape index (κ3) is 3.36. The molecule has 0 bridgehead atoms. The minimum absolute atomic E-state index is 0.207. The number of benzene rings is 2. The molecule has 5 heteroatoms. The maximum atomic E-state index is 12.4. The lowest BCUT2D eigenvalue weighted by Crippen LogP contribution is -2.13. The van der Waals surface area contributed by atoms with Gasteiger partial charge in [-0.15, -0.1) is 0 Å². The molecule has 0 saturated heterocycles. The molecule has 0 fully saturated rings. The van der Waals surface area contributed by atoms with Crippen LogP contribution in [0.3, 0.4) is 0 Å². The van der Waals surface area contributed by atoms with Crippen LogP contribution in [0.1, 0.15) is 21.5 Å². The van der Waals surface area contributed by atoms with Gasteiger partial charge in [0.1, 0.15) is 5.75 Å². The first-order chi connectivity index (χ1) is 9.92. The minimum Gasteiger partial charge on any atom is -0.495 e. The molecular weight excluding hydrogens is 332 g/mol. The number of nitrogens with one attached hydrogen (secondary N) is 1. The number of anilines is 2. The van der Waals surface area contributed by atoms with Gasteiger partial charge >= 0.3 is 0 Å². The fourth-order valence-electron chi connectivity index (χ4n) is 2.11. The van der Waals surface area contributed by atoms with Gasteiger partial charge in [0.05, 0.1) is 18.5 Å². The second kappa shape index (κ2) is 6.18. The second-order valence-corrected chi connectivity index (χ2v) is 5.70. The second-order valence-electron chi connectivity index (χ2n) is 4.85. The van der Waals surface area contributed by atoms with Crippen molar-refractivity contribution in [3.8, 4) is 5.75 Å². The normalized spacial score (nSPS) is 10.3. The monoisotopic (exact) mass is 348 g/mol. The summed E-state index contributed by atoms with van der Waals surface area (Å²) in [7, 11) is 1.52. The Kier molecular flexibility index (Phi) is 4.53. The van der Waals surface area contributed by atoms with Crippen LogP contribution < -0.4 is 15.8 Å².